The van der Waals surface area contributed by atoms with E-state index in [-0.39, 0.29) is 5.91 Å². The minimum Gasteiger partial charge on any atom is -0.383 e. The quantitative estimate of drug-likeness (QED) is 0.434. The molecule has 4 heteroatoms. The number of allylic oxidation sites excluding steroid dienone is 1. The molecule has 0 bridgehead atoms. The van der Waals surface area contributed by atoms with Crippen molar-refractivity contribution < 1.29 is 9.53 Å². The second-order valence-electron chi connectivity index (χ2n) is 3.69. The van der Waals surface area contributed by atoms with Crippen molar-refractivity contribution in [2.75, 3.05) is 26.8 Å². The summed E-state index contributed by atoms with van der Waals surface area (Å²) in [5, 5.41) is 6.00. The normalized spacial score (nSPS) is 12.1. The number of rotatable bonds is 10. The van der Waals surface area contributed by atoms with Crippen LogP contribution in [0.4, 0.5) is 0 Å². The molecule has 0 aliphatic carbocycles. The topological polar surface area (TPSA) is 50.4 Å². The van der Waals surface area contributed by atoms with Gasteiger partial charge in [0.2, 0.25) is 5.91 Å². The first-order valence-corrected chi connectivity index (χ1v) is 5.84. The first-order chi connectivity index (χ1) is 7.74. The van der Waals surface area contributed by atoms with E-state index < -0.39 is 0 Å². The SMILES string of the molecule is C=CCCC(CC)NCC(=O)NCCOC. The molecule has 1 unspecified atom stereocenters. The summed E-state index contributed by atoms with van der Waals surface area (Å²) in [6.45, 7) is 7.31. The average molecular weight is 228 g/mol. The second-order valence-corrected chi connectivity index (χ2v) is 3.69. The van der Waals surface area contributed by atoms with Gasteiger partial charge in [-0.2, -0.15) is 0 Å². The average Bonchev–Trinajstić information content (AvgIpc) is 2.30. The van der Waals surface area contributed by atoms with Gasteiger partial charge in [0, 0.05) is 19.7 Å². The molecule has 0 aromatic carbocycles. The fraction of sp³-hybridized carbons (Fsp3) is 0.750. The molecule has 94 valence electrons. The summed E-state index contributed by atoms with van der Waals surface area (Å²) >= 11 is 0. The predicted molar refractivity (Wildman–Crippen MR) is 66.4 cm³/mol. The van der Waals surface area contributed by atoms with Crippen LogP contribution in [-0.2, 0) is 9.53 Å². The van der Waals surface area contributed by atoms with Gasteiger partial charge >= 0.3 is 0 Å². The number of carbonyl (C=O) groups excluding carboxylic acids is 1. The minimum atomic E-state index is 0.0223. The van der Waals surface area contributed by atoms with Crippen LogP contribution in [-0.4, -0.2) is 38.8 Å². The lowest BCUT2D eigenvalue weighted by molar-refractivity contribution is -0.120. The zero-order valence-electron chi connectivity index (χ0n) is 10.4. The van der Waals surface area contributed by atoms with E-state index in [2.05, 4.69) is 24.1 Å². The van der Waals surface area contributed by atoms with Gasteiger partial charge in [0.15, 0.2) is 0 Å². The lowest BCUT2D eigenvalue weighted by Gasteiger charge is -2.15. The van der Waals surface area contributed by atoms with Crippen molar-refractivity contribution in [1.82, 2.24) is 10.6 Å². The van der Waals surface area contributed by atoms with Crippen LogP contribution in [0.5, 0.6) is 0 Å². The smallest absolute Gasteiger partial charge is 0.234 e. The minimum absolute atomic E-state index is 0.0223. The molecular weight excluding hydrogens is 204 g/mol. The lowest BCUT2D eigenvalue weighted by atomic mass is 10.1. The third-order valence-corrected chi connectivity index (χ3v) is 2.39. The molecule has 0 rings (SSSR count). The molecule has 0 saturated heterocycles. The van der Waals surface area contributed by atoms with Gasteiger partial charge in [0.1, 0.15) is 0 Å². The third-order valence-electron chi connectivity index (χ3n) is 2.39. The van der Waals surface area contributed by atoms with E-state index in [0.717, 1.165) is 19.3 Å². The van der Waals surface area contributed by atoms with Crippen LogP contribution in [0.25, 0.3) is 0 Å². The van der Waals surface area contributed by atoms with Crippen molar-refractivity contribution >= 4 is 5.91 Å². The number of hydrogen-bond acceptors (Lipinski definition) is 3. The van der Waals surface area contributed by atoms with Gasteiger partial charge in [-0.3, -0.25) is 4.79 Å². The van der Waals surface area contributed by atoms with Gasteiger partial charge in [-0.25, -0.2) is 0 Å². The monoisotopic (exact) mass is 228 g/mol. The zero-order valence-corrected chi connectivity index (χ0v) is 10.4. The Morgan fingerprint density at radius 3 is 2.88 bits per heavy atom. The van der Waals surface area contributed by atoms with Crippen LogP contribution in [0.1, 0.15) is 26.2 Å². The van der Waals surface area contributed by atoms with Gasteiger partial charge in [0.25, 0.3) is 0 Å². The van der Waals surface area contributed by atoms with E-state index in [4.69, 9.17) is 4.74 Å². The first kappa shape index (κ1) is 15.1. The van der Waals surface area contributed by atoms with E-state index in [1.807, 2.05) is 6.08 Å². The highest BCUT2D eigenvalue weighted by Crippen LogP contribution is 2.01. The highest BCUT2D eigenvalue weighted by Gasteiger charge is 2.06. The molecule has 1 atom stereocenters. The molecule has 0 heterocycles. The summed E-state index contributed by atoms with van der Waals surface area (Å²) < 4.78 is 4.85. The number of hydrogen-bond donors (Lipinski definition) is 2. The predicted octanol–water partition coefficient (Wildman–Crippen LogP) is 1.08. The van der Waals surface area contributed by atoms with Crippen LogP contribution >= 0.6 is 0 Å². The summed E-state index contributed by atoms with van der Waals surface area (Å²) in [7, 11) is 1.62. The Bertz CT molecular complexity index is 195. The molecule has 0 radical (unpaired) electrons. The number of nitrogens with one attached hydrogen (secondary N) is 2. The third kappa shape index (κ3) is 8.44. The number of carbonyl (C=O) groups is 1. The molecule has 0 spiro atoms. The fourth-order valence-corrected chi connectivity index (χ4v) is 1.36. The van der Waals surface area contributed by atoms with E-state index in [9.17, 15) is 4.79 Å². The maximum atomic E-state index is 11.4. The summed E-state index contributed by atoms with van der Waals surface area (Å²) in [4.78, 5) is 11.4. The molecule has 2 N–H and O–H groups in total. The van der Waals surface area contributed by atoms with E-state index in [0.29, 0.717) is 25.7 Å². The van der Waals surface area contributed by atoms with E-state index in [1.165, 1.54) is 0 Å². The molecule has 0 aliphatic rings. The summed E-state index contributed by atoms with van der Waals surface area (Å²) in [6, 6.07) is 0.395. The Morgan fingerprint density at radius 2 is 2.31 bits per heavy atom. The highest BCUT2D eigenvalue weighted by atomic mass is 16.5. The van der Waals surface area contributed by atoms with E-state index in [1.54, 1.807) is 7.11 Å². The van der Waals surface area contributed by atoms with Crippen molar-refractivity contribution in [2.45, 2.75) is 32.2 Å². The van der Waals surface area contributed by atoms with E-state index >= 15 is 0 Å². The molecule has 16 heavy (non-hydrogen) atoms. The van der Waals surface area contributed by atoms with Gasteiger partial charge in [-0.05, 0) is 19.3 Å². The van der Waals surface area contributed by atoms with Gasteiger partial charge in [-0.1, -0.05) is 13.0 Å². The molecule has 0 aromatic heterocycles. The number of ether oxygens (including phenoxy) is 1. The summed E-state index contributed by atoms with van der Waals surface area (Å²) in [5.41, 5.74) is 0. The molecule has 4 nitrogen and oxygen atoms in total. The Morgan fingerprint density at radius 1 is 1.56 bits per heavy atom. The first-order valence-electron chi connectivity index (χ1n) is 5.84. The number of methoxy groups -OCH3 is 1. The molecule has 0 fully saturated rings. The van der Waals surface area contributed by atoms with Gasteiger partial charge in [0.05, 0.1) is 13.2 Å². The Labute approximate surface area is 98.4 Å². The van der Waals surface area contributed by atoms with Gasteiger partial charge < -0.3 is 15.4 Å². The van der Waals surface area contributed by atoms with Crippen LogP contribution in [0.2, 0.25) is 0 Å². The zero-order chi connectivity index (χ0) is 12.2. The van der Waals surface area contributed by atoms with Crippen molar-refractivity contribution in [2.24, 2.45) is 0 Å². The molecule has 0 aromatic rings. The molecular formula is C12H24N2O2. The standard InChI is InChI=1S/C12H24N2O2/c1-4-6-7-11(5-2)14-10-12(15)13-8-9-16-3/h4,11,14H,1,5-10H2,2-3H3,(H,13,15). The van der Waals surface area contributed by atoms with Gasteiger partial charge in [-0.15, -0.1) is 6.58 Å². The van der Waals surface area contributed by atoms with Crippen LogP contribution in [0.15, 0.2) is 12.7 Å². The molecule has 0 aliphatic heterocycles. The molecule has 1 amide bonds. The fourth-order valence-electron chi connectivity index (χ4n) is 1.36. The maximum absolute atomic E-state index is 11.4. The highest BCUT2D eigenvalue weighted by molar-refractivity contribution is 5.77. The maximum Gasteiger partial charge on any atom is 0.234 e. The molecule has 0 saturated carbocycles. The second kappa shape index (κ2) is 10.6. The van der Waals surface area contributed by atoms with Crippen LogP contribution < -0.4 is 10.6 Å². The Balaban J connectivity index is 3.57. The Kier molecular flexibility index (Phi) is 10.1. The number of amides is 1. The van der Waals surface area contributed by atoms with Crippen molar-refractivity contribution in [3.05, 3.63) is 12.7 Å². The van der Waals surface area contributed by atoms with Crippen molar-refractivity contribution in [3.63, 3.8) is 0 Å². The largest absolute Gasteiger partial charge is 0.383 e. The summed E-state index contributed by atoms with van der Waals surface area (Å²) in [6.07, 6.45) is 4.95. The summed E-state index contributed by atoms with van der Waals surface area (Å²) in [5.74, 6) is 0.0223. The van der Waals surface area contributed by atoms with Crippen molar-refractivity contribution in [3.8, 4) is 0 Å². The van der Waals surface area contributed by atoms with Crippen LogP contribution in [0.3, 0.4) is 0 Å². The lowest BCUT2D eigenvalue weighted by Crippen LogP contribution is -2.39. The van der Waals surface area contributed by atoms with Crippen LogP contribution in [0, 0.1) is 0 Å². The van der Waals surface area contributed by atoms with Crippen molar-refractivity contribution in [1.29, 1.82) is 0 Å². The Hall–Kier alpha value is -0.870.